The lowest BCUT2D eigenvalue weighted by Gasteiger charge is -2.42. The smallest absolute Gasteiger partial charge is 0.328 e. The number of aromatic nitrogens is 1. The summed E-state index contributed by atoms with van der Waals surface area (Å²) in [6.07, 6.45) is 0.383. The highest BCUT2D eigenvalue weighted by atomic mass is 16.5. The number of nitrogens with zero attached hydrogens (tertiary/aromatic N) is 2. The van der Waals surface area contributed by atoms with Crippen molar-refractivity contribution < 1.29 is 24.2 Å². The van der Waals surface area contributed by atoms with Gasteiger partial charge in [0.25, 0.3) is 5.91 Å². The number of ether oxygens (including phenoxy) is 2. The number of likely N-dealkylation sites (N-methyl/N-ethyl adjacent to an activating group) is 1. The van der Waals surface area contributed by atoms with Crippen LogP contribution in [0.3, 0.4) is 0 Å². The molecule has 0 aliphatic carbocycles. The van der Waals surface area contributed by atoms with Crippen molar-refractivity contribution >= 4 is 22.8 Å². The van der Waals surface area contributed by atoms with Crippen molar-refractivity contribution in [3.8, 4) is 11.5 Å². The number of methoxy groups -OCH3 is 1. The molecule has 2 aliphatic rings. The van der Waals surface area contributed by atoms with Crippen molar-refractivity contribution in [2.24, 2.45) is 0 Å². The molecule has 3 amide bonds. The molecule has 5 rings (SSSR count). The first-order valence-corrected chi connectivity index (χ1v) is 10.5. The molecule has 2 N–H and O–H groups in total. The van der Waals surface area contributed by atoms with Gasteiger partial charge in [0.05, 0.1) is 6.61 Å². The number of nitrogens with one attached hydrogen (secondary N) is 1. The Hall–Kier alpha value is -3.52. The topological polar surface area (TPSA) is 95.1 Å². The number of carbonyl (C=O) groups is 2. The van der Waals surface area contributed by atoms with Gasteiger partial charge in [-0.1, -0.05) is 12.1 Å². The van der Waals surface area contributed by atoms with Gasteiger partial charge in [0.15, 0.2) is 0 Å². The molecule has 166 valence electrons. The molecule has 0 spiro atoms. The van der Waals surface area contributed by atoms with Gasteiger partial charge in [-0.2, -0.15) is 0 Å². The number of fused-ring (bicyclic) bond motifs is 4. The Morgan fingerprint density at radius 3 is 2.75 bits per heavy atom. The number of phenolic OH excluding ortho intramolecular Hbond substituents is 1. The lowest BCUT2D eigenvalue weighted by atomic mass is 9.81. The van der Waals surface area contributed by atoms with Gasteiger partial charge in [0.2, 0.25) is 0 Å². The number of hydrogen-bond donors (Lipinski definition) is 2. The van der Waals surface area contributed by atoms with Crippen LogP contribution < -0.4 is 4.74 Å². The second-order valence-electron chi connectivity index (χ2n) is 8.53. The first kappa shape index (κ1) is 20.4. The maximum absolute atomic E-state index is 13.2. The van der Waals surface area contributed by atoms with Crippen molar-refractivity contribution in [1.29, 1.82) is 0 Å². The maximum Gasteiger partial charge on any atom is 0.328 e. The number of aromatic amines is 1. The zero-order valence-electron chi connectivity index (χ0n) is 18.2. The van der Waals surface area contributed by atoms with Crippen LogP contribution in [0.25, 0.3) is 10.9 Å². The molecule has 32 heavy (non-hydrogen) atoms. The number of aromatic hydroxyl groups is 1. The van der Waals surface area contributed by atoms with E-state index in [-0.39, 0.29) is 17.7 Å². The van der Waals surface area contributed by atoms with Crippen molar-refractivity contribution in [3.63, 3.8) is 0 Å². The summed E-state index contributed by atoms with van der Waals surface area (Å²) in [7, 11) is 3.14. The minimum Gasteiger partial charge on any atom is -0.508 e. The van der Waals surface area contributed by atoms with Gasteiger partial charge in [-0.3, -0.25) is 14.6 Å². The minimum absolute atomic E-state index is 0.104. The van der Waals surface area contributed by atoms with Gasteiger partial charge < -0.3 is 19.6 Å². The quantitative estimate of drug-likeness (QED) is 0.474. The summed E-state index contributed by atoms with van der Waals surface area (Å²) in [5.74, 6) is 0.580. The number of carbonyl (C=O) groups excluding carboxylic acids is 2. The number of benzene rings is 2. The Balaban J connectivity index is 1.70. The molecule has 0 bridgehead atoms. The second kappa shape index (κ2) is 7.27. The summed E-state index contributed by atoms with van der Waals surface area (Å²) in [6.45, 7) is 2.73. The Morgan fingerprint density at radius 1 is 1.19 bits per heavy atom. The number of amides is 3. The number of rotatable bonds is 5. The standard InChI is InChI=1S/C24H25N3O5/c1-24-13-18-17-12-16(32-10-9-31-3)7-8-19(17)25-20(18)21(14-5-4-6-15(28)11-14)27(24)23(30)26(2)22(24)29/h4-8,11-12,21,25,28H,9-10,13H2,1-3H3/t21-,24+/m1/s1. The number of imide groups is 1. The molecule has 1 fully saturated rings. The number of phenols is 1. The molecule has 0 saturated carbocycles. The minimum atomic E-state index is -1.03. The van der Waals surface area contributed by atoms with Crippen LogP contribution in [0, 0.1) is 0 Å². The SMILES string of the molecule is COCCOc1ccc2[nH]c3c(c2c1)C[C@@]1(C)C(=O)N(C)C(=O)N1[C@@H]3c1cccc(O)c1. The van der Waals surface area contributed by atoms with Gasteiger partial charge >= 0.3 is 6.03 Å². The summed E-state index contributed by atoms with van der Waals surface area (Å²) in [6, 6.07) is 11.7. The van der Waals surface area contributed by atoms with E-state index < -0.39 is 11.6 Å². The highest BCUT2D eigenvalue weighted by Gasteiger charge is 2.59. The van der Waals surface area contributed by atoms with E-state index >= 15 is 0 Å². The third-order valence-electron chi connectivity index (χ3n) is 6.50. The molecule has 3 aromatic rings. The molecular weight excluding hydrogens is 410 g/mol. The van der Waals surface area contributed by atoms with Crippen LogP contribution in [0.4, 0.5) is 4.79 Å². The molecule has 1 aromatic heterocycles. The first-order valence-electron chi connectivity index (χ1n) is 10.5. The van der Waals surface area contributed by atoms with E-state index in [1.165, 1.54) is 11.9 Å². The number of urea groups is 1. The molecular formula is C24H25N3O5. The maximum atomic E-state index is 13.2. The van der Waals surface area contributed by atoms with Crippen LogP contribution in [-0.4, -0.2) is 64.7 Å². The number of H-pyrrole nitrogens is 1. The van der Waals surface area contributed by atoms with Gasteiger partial charge in [-0.25, -0.2) is 4.79 Å². The molecule has 0 radical (unpaired) electrons. The van der Waals surface area contributed by atoms with Crippen LogP contribution >= 0.6 is 0 Å². The molecule has 3 heterocycles. The van der Waals surface area contributed by atoms with Crippen LogP contribution in [0.15, 0.2) is 42.5 Å². The third-order valence-corrected chi connectivity index (χ3v) is 6.50. The average molecular weight is 435 g/mol. The van der Waals surface area contributed by atoms with Crippen molar-refractivity contribution in [2.45, 2.75) is 24.9 Å². The highest BCUT2D eigenvalue weighted by Crippen LogP contribution is 2.49. The van der Waals surface area contributed by atoms with Gasteiger partial charge in [0, 0.05) is 37.2 Å². The van der Waals surface area contributed by atoms with E-state index in [4.69, 9.17) is 9.47 Å². The Morgan fingerprint density at radius 2 is 2.00 bits per heavy atom. The number of hydrogen-bond acceptors (Lipinski definition) is 5. The summed E-state index contributed by atoms with van der Waals surface area (Å²) in [4.78, 5) is 32.7. The first-order chi connectivity index (χ1) is 15.3. The van der Waals surface area contributed by atoms with Crippen molar-refractivity contribution in [2.75, 3.05) is 27.4 Å². The lowest BCUT2D eigenvalue weighted by molar-refractivity contribution is -0.132. The van der Waals surface area contributed by atoms with Crippen LogP contribution in [-0.2, 0) is 16.0 Å². The van der Waals surface area contributed by atoms with Crippen molar-refractivity contribution in [1.82, 2.24) is 14.8 Å². The van der Waals surface area contributed by atoms with E-state index in [1.54, 1.807) is 30.2 Å². The summed E-state index contributed by atoms with van der Waals surface area (Å²) >= 11 is 0. The molecule has 2 aliphatic heterocycles. The van der Waals surface area contributed by atoms with E-state index in [9.17, 15) is 14.7 Å². The predicted octanol–water partition coefficient (Wildman–Crippen LogP) is 3.20. The summed E-state index contributed by atoms with van der Waals surface area (Å²) in [5, 5.41) is 11.1. The normalized spacial score (nSPS) is 22.4. The van der Waals surface area contributed by atoms with Gasteiger partial charge in [-0.15, -0.1) is 0 Å². The van der Waals surface area contributed by atoms with Crippen molar-refractivity contribution in [3.05, 3.63) is 59.3 Å². The van der Waals surface area contributed by atoms with Gasteiger partial charge in [0.1, 0.15) is 29.7 Å². The monoisotopic (exact) mass is 435 g/mol. The average Bonchev–Trinajstić information content (AvgIpc) is 3.21. The molecule has 8 nitrogen and oxygen atoms in total. The molecule has 1 saturated heterocycles. The van der Waals surface area contributed by atoms with Crippen LogP contribution in [0.5, 0.6) is 11.5 Å². The third kappa shape index (κ3) is 2.86. The fourth-order valence-electron chi connectivity index (χ4n) is 4.97. The molecule has 2 atom stereocenters. The Labute approximate surface area is 185 Å². The molecule has 2 aromatic carbocycles. The lowest BCUT2D eigenvalue weighted by Crippen LogP contribution is -2.53. The van der Waals surface area contributed by atoms with Crippen LogP contribution in [0.2, 0.25) is 0 Å². The Bertz CT molecular complexity index is 1240. The largest absolute Gasteiger partial charge is 0.508 e. The van der Waals surface area contributed by atoms with E-state index in [0.29, 0.717) is 25.4 Å². The zero-order chi connectivity index (χ0) is 22.6. The fourth-order valence-corrected chi connectivity index (χ4v) is 4.97. The van der Waals surface area contributed by atoms with Gasteiger partial charge in [-0.05, 0) is 48.4 Å². The molecule has 0 unspecified atom stereocenters. The zero-order valence-corrected chi connectivity index (χ0v) is 18.2. The van der Waals surface area contributed by atoms with E-state index in [2.05, 4.69) is 4.98 Å². The summed E-state index contributed by atoms with van der Waals surface area (Å²) in [5.41, 5.74) is 2.42. The van der Waals surface area contributed by atoms with E-state index in [1.807, 2.05) is 31.2 Å². The Kier molecular flexibility index (Phi) is 4.63. The van der Waals surface area contributed by atoms with E-state index in [0.717, 1.165) is 27.7 Å². The fraction of sp³-hybridized carbons (Fsp3) is 0.333. The predicted molar refractivity (Wildman–Crippen MR) is 118 cm³/mol. The molecule has 8 heteroatoms. The second-order valence-corrected chi connectivity index (χ2v) is 8.53. The summed E-state index contributed by atoms with van der Waals surface area (Å²) < 4.78 is 10.9. The van der Waals surface area contributed by atoms with Crippen LogP contribution in [0.1, 0.15) is 29.8 Å². The highest BCUT2D eigenvalue weighted by molar-refractivity contribution is 6.08.